The lowest BCUT2D eigenvalue weighted by Crippen LogP contribution is -2.55. The molecule has 0 aromatic rings. The third-order valence-corrected chi connectivity index (χ3v) is 6.03. The SMILES string of the molecule is C[C@@H]1CC[C@@H](N)CN1C(=O)C(=O)N1C[C@]2(C)COC[C@]2(C)C1. The van der Waals surface area contributed by atoms with Crippen molar-refractivity contribution in [1.29, 1.82) is 0 Å². The molecule has 3 heterocycles. The van der Waals surface area contributed by atoms with E-state index in [0.717, 1.165) is 12.8 Å². The lowest BCUT2D eigenvalue weighted by atomic mass is 9.71. The molecule has 3 saturated heterocycles. The number of nitrogens with two attached hydrogens (primary N) is 1. The molecule has 0 aromatic heterocycles. The molecule has 124 valence electrons. The number of rotatable bonds is 0. The minimum Gasteiger partial charge on any atom is -0.380 e. The number of hydrogen-bond donors (Lipinski definition) is 1. The summed E-state index contributed by atoms with van der Waals surface area (Å²) in [5, 5.41) is 0. The minimum absolute atomic E-state index is 0.0191. The summed E-state index contributed by atoms with van der Waals surface area (Å²) in [6, 6.07) is 0.0715. The first-order chi connectivity index (χ1) is 10.3. The maximum atomic E-state index is 12.7. The normalized spacial score (nSPS) is 41.6. The zero-order valence-electron chi connectivity index (χ0n) is 13.8. The summed E-state index contributed by atoms with van der Waals surface area (Å²) in [6.07, 6.45) is 1.78. The van der Waals surface area contributed by atoms with Crippen LogP contribution in [-0.4, -0.2) is 66.5 Å². The smallest absolute Gasteiger partial charge is 0.312 e. The average Bonchev–Trinajstić information content (AvgIpc) is 2.87. The molecule has 0 aliphatic carbocycles. The Hall–Kier alpha value is -1.14. The maximum Gasteiger partial charge on any atom is 0.312 e. The summed E-state index contributed by atoms with van der Waals surface area (Å²) < 4.78 is 5.60. The quantitative estimate of drug-likeness (QED) is 0.649. The fourth-order valence-corrected chi connectivity index (χ4v) is 4.04. The van der Waals surface area contributed by atoms with Gasteiger partial charge in [-0.2, -0.15) is 0 Å². The van der Waals surface area contributed by atoms with E-state index in [0.29, 0.717) is 32.8 Å². The number of nitrogens with zero attached hydrogens (tertiary/aromatic N) is 2. The summed E-state index contributed by atoms with van der Waals surface area (Å²) in [5.41, 5.74) is 5.86. The number of piperidine rings is 1. The predicted molar refractivity (Wildman–Crippen MR) is 82.0 cm³/mol. The summed E-state index contributed by atoms with van der Waals surface area (Å²) in [4.78, 5) is 28.7. The van der Waals surface area contributed by atoms with Crippen LogP contribution >= 0.6 is 0 Å². The summed E-state index contributed by atoms with van der Waals surface area (Å²) in [5.74, 6) is -0.770. The maximum absolute atomic E-state index is 12.7. The number of ether oxygens (including phenoxy) is 1. The van der Waals surface area contributed by atoms with Gasteiger partial charge in [-0.3, -0.25) is 9.59 Å². The van der Waals surface area contributed by atoms with Crippen molar-refractivity contribution >= 4 is 11.8 Å². The largest absolute Gasteiger partial charge is 0.380 e. The molecule has 0 aromatic carbocycles. The van der Waals surface area contributed by atoms with Gasteiger partial charge in [-0.25, -0.2) is 0 Å². The zero-order valence-corrected chi connectivity index (χ0v) is 13.8. The van der Waals surface area contributed by atoms with Gasteiger partial charge >= 0.3 is 11.8 Å². The van der Waals surface area contributed by atoms with E-state index in [4.69, 9.17) is 10.5 Å². The molecular weight excluding hydrogens is 282 g/mol. The summed E-state index contributed by atoms with van der Waals surface area (Å²) in [6.45, 7) is 9.29. The number of amides is 2. The summed E-state index contributed by atoms with van der Waals surface area (Å²) in [7, 11) is 0. The average molecular weight is 309 g/mol. The van der Waals surface area contributed by atoms with Crippen LogP contribution in [0.2, 0.25) is 0 Å². The molecule has 0 radical (unpaired) electrons. The van der Waals surface area contributed by atoms with E-state index in [-0.39, 0.29) is 28.8 Å². The topological polar surface area (TPSA) is 75.9 Å². The monoisotopic (exact) mass is 309 g/mol. The van der Waals surface area contributed by atoms with Gasteiger partial charge in [0.15, 0.2) is 0 Å². The van der Waals surface area contributed by atoms with Crippen LogP contribution in [0, 0.1) is 10.8 Å². The van der Waals surface area contributed by atoms with E-state index in [1.807, 2.05) is 6.92 Å². The molecule has 6 nitrogen and oxygen atoms in total. The van der Waals surface area contributed by atoms with Crippen LogP contribution in [-0.2, 0) is 14.3 Å². The lowest BCUT2D eigenvalue weighted by Gasteiger charge is -2.37. The highest BCUT2D eigenvalue weighted by Crippen LogP contribution is 2.50. The molecule has 22 heavy (non-hydrogen) atoms. The molecule has 0 unspecified atom stereocenters. The highest BCUT2D eigenvalue weighted by atomic mass is 16.5. The van der Waals surface area contributed by atoms with E-state index >= 15 is 0 Å². The van der Waals surface area contributed by atoms with E-state index in [2.05, 4.69) is 13.8 Å². The Balaban J connectivity index is 1.71. The van der Waals surface area contributed by atoms with Crippen molar-refractivity contribution in [3.05, 3.63) is 0 Å². The molecule has 3 rings (SSSR count). The van der Waals surface area contributed by atoms with Crippen molar-refractivity contribution in [1.82, 2.24) is 9.80 Å². The first-order valence-corrected chi connectivity index (χ1v) is 8.19. The Morgan fingerprint density at radius 1 is 1.09 bits per heavy atom. The number of carbonyl (C=O) groups is 2. The molecule has 2 amide bonds. The lowest BCUT2D eigenvalue weighted by molar-refractivity contribution is -0.154. The number of hydrogen-bond acceptors (Lipinski definition) is 4. The fraction of sp³-hybridized carbons (Fsp3) is 0.875. The van der Waals surface area contributed by atoms with E-state index < -0.39 is 5.91 Å². The van der Waals surface area contributed by atoms with Crippen LogP contribution in [0.4, 0.5) is 0 Å². The minimum atomic E-state index is -0.393. The van der Waals surface area contributed by atoms with Crippen molar-refractivity contribution in [2.45, 2.75) is 45.7 Å². The number of likely N-dealkylation sites (tertiary alicyclic amines) is 2. The highest BCUT2D eigenvalue weighted by Gasteiger charge is 2.57. The Morgan fingerprint density at radius 2 is 1.68 bits per heavy atom. The fourth-order valence-electron chi connectivity index (χ4n) is 4.04. The van der Waals surface area contributed by atoms with Gasteiger partial charge in [-0.05, 0) is 19.8 Å². The van der Waals surface area contributed by atoms with Crippen molar-refractivity contribution in [2.75, 3.05) is 32.8 Å². The van der Waals surface area contributed by atoms with Gasteiger partial charge in [0.25, 0.3) is 0 Å². The van der Waals surface area contributed by atoms with Gasteiger partial charge in [0, 0.05) is 42.5 Å². The van der Waals surface area contributed by atoms with Crippen molar-refractivity contribution in [3.8, 4) is 0 Å². The first kappa shape index (κ1) is 15.7. The third-order valence-electron chi connectivity index (χ3n) is 6.03. The van der Waals surface area contributed by atoms with Crippen molar-refractivity contribution in [2.24, 2.45) is 16.6 Å². The van der Waals surface area contributed by atoms with Crippen LogP contribution in [0.1, 0.15) is 33.6 Å². The van der Waals surface area contributed by atoms with Gasteiger partial charge in [-0.15, -0.1) is 0 Å². The van der Waals surface area contributed by atoms with Crippen LogP contribution in [0.15, 0.2) is 0 Å². The first-order valence-electron chi connectivity index (χ1n) is 8.19. The zero-order chi connectivity index (χ0) is 16.1. The molecule has 0 saturated carbocycles. The van der Waals surface area contributed by atoms with Crippen LogP contribution in [0.25, 0.3) is 0 Å². The molecular formula is C16H27N3O3. The number of carbonyl (C=O) groups excluding carboxylic acids is 2. The van der Waals surface area contributed by atoms with E-state index in [1.165, 1.54) is 0 Å². The molecule has 3 fully saturated rings. The van der Waals surface area contributed by atoms with Crippen molar-refractivity contribution in [3.63, 3.8) is 0 Å². The second kappa shape index (κ2) is 5.20. The predicted octanol–water partition coefficient (Wildman–Crippen LogP) is 0.210. The van der Waals surface area contributed by atoms with Gasteiger partial charge in [0.1, 0.15) is 0 Å². The highest BCUT2D eigenvalue weighted by molar-refractivity contribution is 6.35. The molecule has 3 aliphatic heterocycles. The molecule has 0 spiro atoms. The summed E-state index contributed by atoms with van der Waals surface area (Å²) >= 11 is 0. The standard InChI is InChI=1S/C16H27N3O3/c1-11-4-5-12(17)6-19(11)14(21)13(20)18-7-15(2)9-22-10-16(15,3)8-18/h11-12H,4-10,17H2,1-3H3/t11-,12-,15-,16+/m1/s1. The Labute approximate surface area is 131 Å². The van der Waals surface area contributed by atoms with Gasteiger partial charge in [-0.1, -0.05) is 13.8 Å². The van der Waals surface area contributed by atoms with Gasteiger partial charge in [0.05, 0.1) is 13.2 Å². The number of fused-ring (bicyclic) bond motifs is 1. The Bertz CT molecular complexity index is 479. The van der Waals surface area contributed by atoms with Crippen LogP contribution < -0.4 is 5.73 Å². The molecule has 3 aliphatic rings. The van der Waals surface area contributed by atoms with Crippen LogP contribution in [0.5, 0.6) is 0 Å². The van der Waals surface area contributed by atoms with Crippen LogP contribution in [0.3, 0.4) is 0 Å². The third kappa shape index (κ3) is 2.33. The second-order valence-corrected chi connectivity index (χ2v) is 7.92. The van der Waals surface area contributed by atoms with E-state index in [1.54, 1.807) is 9.80 Å². The van der Waals surface area contributed by atoms with Gasteiger partial charge < -0.3 is 20.3 Å². The molecule has 2 N–H and O–H groups in total. The van der Waals surface area contributed by atoms with E-state index in [9.17, 15) is 9.59 Å². The van der Waals surface area contributed by atoms with Crippen molar-refractivity contribution < 1.29 is 14.3 Å². The Kier molecular flexibility index (Phi) is 3.72. The second-order valence-electron chi connectivity index (χ2n) is 7.92. The molecule has 6 heteroatoms. The Morgan fingerprint density at radius 3 is 2.27 bits per heavy atom. The molecule has 4 atom stereocenters. The molecule has 0 bridgehead atoms. The van der Waals surface area contributed by atoms with Gasteiger partial charge in [0.2, 0.25) is 0 Å².